The van der Waals surface area contributed by atoms with Gasteiger partial charge in [0.1, 0.15) is 11.9 Å². The first-order valence-electron chi connectivity index (χ1n) is 7.16. The van der Waals surface area contributed by atoms with Crippen LogP contribution in [-0.2, 0) is 11.3 Å². The highest BCUT2D eigenvalue weighted by atomic mass is 16.5. The van der Waals surface area contributed by atoms with Crippen LogP contribution < -0.4 is 0 Å². The molecule has 18 heavy (non-hydrogen) atoms. The Morgan fingerprint density at radius 2 is 2.06 bits per heavy atom. The maximum atomic E-state index is 5.62. The second-order valence-corrected chi connectivity index (χ2v) is 4.98. The number of likely N-dealkylation sites (tertiary alicyclic amines) is 1. The average molecular weight is 251 g/mol. The monoisotopic (exact) mass is 251 g/mol. The third-order valence-corrected chi connectivity index (χ3v) is 3.63. The van der Waals surface area contributed by atoms with Gasteiger partial charge in [-0.3, -0.25) is 0 Å². The molecular weight excluding hydrogens is 226 g/mol. The van der Waals surface area contributed by atoms with Gasteiger partial charge in [0, 0.05) is 32.1 Å². The van der Waals surface area contributed by atoms with Crippen LogP contribution in [0.5, 0.6) is 0 Å². The van der Waals surface area contributed by atoms with Crippen molar-refractivity contribution < 1.29 is 4.74 Å². The predicted molar refractivity (Wildman–Crippen MR) is 72.6 cm³/mol. The second-order valence-electron chi connectivity index (χ2n) is 4.98. The van der Waals surface area contributed by atoms with E-state index in [4.69, 9.17) is 4.74 Å². The summed E-state index contributed by atoms with van der Waals surface area (Å²) < 4.78 is 7.85. The molecule has 4 heteroatoms. The first-order chi connectivity index (χ1) is 8.81. The quantitative estimate of drug-likeness (QED) is 0.778. The number of piperidine rings is 1. The van der Waals surface area contributed by atoms with Crippen molar-refractivity contribution in [2.45, 2.75) is 45.8 Å². The van der Waals surface area contributed by atoms with Gasteiger partial charge in [0.15, 0.2) is 0 Å². The molecule has 1 atom stereocenters. The zero-order chi connectivity index (χ0) is 12.8. The molecule has 0 radical (unpaired) electrons. The molecule has 0 saturated carbocycles. The van der Waals surface area contributed by atoms with E-state index in [2.05, 4.69) is 27.6 Å². The Bertz CT molecular complexity index is 345. The lowest BCUT2D eigenvalue weighted by Gasteiger charge is -2.26. The van der Waals surface area contributed by atoms with Crippen LogP contribution in [0.1, 0.15) is 45.0 Å². The molecule has 1 aromatic heterocycles. The second kappa shape index (κ2) is 6.90. The Hall–Kier alpha value is -0.870. The van der Waals surface area contributed by atoms with Crippen molar-refractivity contribution in [3.8, 4) is 0 Å². The van der Waals surface area contributed by atoms with Crippen LogP contribution in [0.4, 0.5) is 0 Å². The zero-order valence-electron chi connectivity index (χ0n) is 11.6. The molecule has 0 amide bonds. The van der Waals surface area contributed by atoms with Crippen LogP contribution >= 0.6 is 0 Å². The molecule has 2 heterocycles. The summed E-state index contributed by atoms with van der Waals surface area (Å²) in [7, 11) is 0. The third-order valence-electron chi connectivity index (χ3n) is 3.63. The van der Waals surface area contributed by atoms with E-state index < -0.39 is 0 Å². The van der Waals surface area contributed by atoms with Crippen LogP contribution in [0.3, 0.4) is 0 Å². The van der Waals surface area contributed by atoms with Gasteiger partial charge in [-0.25, -0.2) is 4.98 Å². The SMILES string of the molecule is CCOC(C)c1nccn1CCN1CCCCC1. The van der Waals surface area contributed by atoms with E-state index >= 15 is 0 Å². The first-order valence-corrected chi connectivity index (χ1v) is 7.16. The van der Waals surface area contributed by atoms with Gasteiger partial charge in [-0.05, 0) is 39.8 Å². The minimum Gasteiger partial charge on any atom is -0.371 e. The topological polar surface area (TPSA) is 30.3 Å². The summed E-state index contributed by atoms with van der Waals surface area (Å²) in [4.78, 5) is 6.97. The Morgan fingerprint density at radius 3 is 2.78 bits per heavy atom. The van der Waals surface area contributed by atoms with Crippen LogP contribution in [0.15, 0.2) is 12.4 Å². The molecule has 4 nitrogen and oxygen atoms in total. The zero-order valence-corrected chi connectivity index (χ0v) is 11.6. The highest BCUT2D eigenvalue weighted by Crippen LogP contribution is 2.15. The van der Waals surface area contributed by atoms with Crippen molar-refractivity contribution in [3.63, 3.8) is 0 Å². The smallest absolute Gasteiger partial charge is 0.137 e. The number of hydrogen-bond acceptors (Lipinski definition) is 3. The molecular formula is C14H25N3O. The predicted octanol–water partition coefficient (Wildman–Crippen LogP) is 2.47. The van der Waals surface area contributed by atoms with E-state index in [1.807, 2.05) is 13.1 Å². The van der Waals surface area contributed by atoms with Gasteiger partial charge in [0.25, 0.3) is 0 Å². The lowest BCUT2D eigenvalue weighted by molar-refractivity contribution is 0.0668. The summed E-state index contributed by atoms with van der Waals surface area (Å²) in [6.45, 7) is 9.49. The highest BCUT2D eigenvalue weighted by Gasteiger charge is 2.14. The molecule has 1 fully saturated rings. The Labute approximate surface area is 110 Å². The van der Waals surface area contributed by atoms with Crippen molar-refractivity contribution in [2.24, 2.45) is 0 Å². The molecule has 2 rings (SSSR count). The largest absolute Gasteiger partial charge is 0.371 e. The Kier molecular flexibility index (Phi) is 5.20. The number of nitrogens with zero attached hydrogens (tertiary/aromatic N) is 3. The van der Waals surface area contributed by atoms with E-state index in [-0.39, 0.29) is 6.10 Å². The van der Waals surface area contributed by atoms with Gasteiger partial charge in [0.05, 0.1) is 0 Å². The third kappa shape index (κ3) is 3.56. The molecule has 0 aliphatic carbocycles. The molecule has 0 spiro atoms. The molecule has 1 unspecified atom stereocenters. The van der Waals surface area contributed by atoms with Crippen LogP contribution in [0.2, 0.25) is 0 Å². The van der Waals surface area contributed by atoms with Crippen molar-refractivity contribution in [1.29, 1.82) is 0 Å². The fourth-order valence-corrected chi connectivity index (χ4v) is 2.62. The minimum absolute atomic E-state index is 0.0892. The summed E-state index contributed by atoms with van der Waals surface area (Å²) >= 11 is 0. The van der Waals surface area contributed by atoms with Crippen molar-refractivity contribution in [1.82, 2.24) is 14.5 Å². The molecule has 1 saturated heterocycles. The number of hydrogen-bond donors (Lipinski definition) is 0. The van der Waals surface area contributed by atoms with Gasteiger partial charge in [-0.1, -0.05) is 6.42 Å². The number of aromatic nitrogens is 2. The molecule has 0 bridgehead atoms. The lowest BCUT2D eigenvalue weighted by atomic mass is 10.1. The van der Waals surface area contributed by atoms with Crippen molar-refractivity contribution >= 4 is 0 Å². The van der Waals surface area contributed by atoms with E-state index in [1.54, 1.807) is 0 Å². The van der Waals surface area contributed by atoms with E-state index in [9.17, 15) is 0 Å². The molecule has 1 aliphatic heterocycles. The Balaban J connectivity index is 1.86. The van der Waals surface area contributed by atoms with E-state index in [0.717, 1.165) is 25.5 Å². The van der Waals surface area contributed by atoms with Crippen molar-refractivity contribution in [2.75, 3.05) is 26.2 Å². The van der Waals surface area contributed by atoms with Crippen LogP contribution in [0.25, 0.3) is 0 Å². The fourth-order valence-electron chi connectivity index (χ4n) is 2.62. The van der Waals surface area contributed by atoms with Crippen molar-refractivity contribution in [3.05, 3.63) is 18.2 Å². The summed E-state index contributed by atoms with van der Waals surface area (Å²) in [5, 5.41) is 0. The highest BCUT2D eigenvalue weighted by molar-refractivity contribution is 4.96. The number of ether oxygens (including phenoxy) is 1. The van der Waals surface area contributed by atoms with Crippen LogP contribution in [-0.4, -0.2) is 40.7 Å². The minimum atomic E-state index is 0.0892. The normalized spacial score (nSPS) is 19.0. The average Bonchev–Trinajstić information content (AvgIpc) is 2.86. The van der Waals surface area contributed by atoms with E-state index in [1.165, 1.54) is 32.4 Å². The molecule has 0 N–H and O–H groups in total. The maximum absolute atomic E-state index is 5.62. The summed E-state index contributed by atoms with van der Waals surface area (Å²) in [5.41, 5.74) is 0. The molecule has 1 aliphatic rings. The van der Waals surface area contributed by atoms with E-state index in [0.29, 0.717) is 0 Å². The molecule has 0 aromatic carbocycles. The van der Waals surface area contributed by atoms with Gasteiger partial charge < -0.3 is 14.2 Å². The standard InChI is InChI=1S/C14H25N3O/c1-3-18-13(2)14-15-7-10-17(14)12-11-16-8-5-4-6-9-16/h7,10,13H,3-6,8-9,11-12H2,1-2H3. The maximum Gasteiger partial charge on any atom is 0.137 e. The summed E-state index contributed by atoms with van der Waals surface area (Å²) in [6, 6.07) is 0. The number of imidazole rings is 1. The van der Waals surface area contributed by atoms with Gasteiger partial charge >= 0.3 is 0 Å². The number of rotatable bonds is 6. The first kappa shape index (κ1) is 13.6. The Morgan fingerprint density at radius 1 is 1.28 bits per heavy atom. The van der Waals surface area contributed by atoms with Gasteiger partial charge in [-0.2, -0.15) is 0 Å². The van der Waals surface area contributed by atoms with Gasteiger partial charge in [-0.15, -0.1) is 0 Å². The summed E-state index contributed by atoms with van der Waals surface area (Å²) in [5.74, 6) is 1.05. The summed E-state index contributed by atoms with van der Waals surface area (Å²) in [6.07, 6.45) is 8.13. The molecule has 1 aromatic rings. The fraction of sp³-hybridized carbons (Fsp3) is 0.786. The van der Waals surface area contributed by atoms with Crippen LogP contribution in [0, 0.1) is 0 Å². The molecule has 102 valence electrons. The lowest BCUT2D eigenvalue weighted by Crippen LogP contribution is -2.32. The van der Waals surface area contributed by atoms with Gasteiger partial charge in [0.2, 0.25) is 0 Å².